The molecule has 102 valence electrons. The number of hydrogen-bond acceptors (Lipinski definition) is 3. The van der Waals surface area contributed by atoms with Crippen molar-refractivity contribution < 1.29 is 18.3 Å². The zero-order valence-electron chi connectivity index (χ0n) is 10.7. The van der Waals surface area contributed by atoms with Gasteiger partial charge in [-0.15, -0.1) is 0 Å². The fourth-order valence-corrected chi connectivity index (χ4v) is 2.90. The van der Waals surface area contributed by atoms with Crippen LogP contribution in [0, 0.1) is 0 Å². The predicted molar refractivity (Wildman–Crippen MR) is 73.0 cm³/mol. The number of H-pyrrole nitrogens is 1. The van der Waals surface area contributed by atoms with Crippen molar-refractivity contribution in [3.05, 3.63) is 35.5 Å². The Morgan fingerprint density at radius 2 is 2.05 bits per heavy atom. The van der Waals surface area contributed by atoms with Crippen LogP contribution in [-0.4, -0.2) is 29.7 Å². The van der Waals surface area contributed by atoms with Gasteiger partial charge in [0.1, 0.15) is 0 Å². The molecule has 0 aliphatic heterocycles. The Kier molecular flexibility index (Phi) is 3.36. The molecule has 2 rings (SSSR count). The first kappa shape index (κ1) is 13.6. The summed E-state index contributed by atoms with van der Waals surface area (Å²) in [4.78, 5) is 13.9. The van der Waals surface area contributed by atoms with Crippen LogP contribution in [0.5, 0.6) is 0 Å². The van der Waals surface area contributed by atoms with Crippen molar-refractivity contribution in [3.63, 3.8) is 0 Å². The summed E-state index contributed by atoms with van der Waals surface area (Å²) in [7, 11) is -3.21. The summed E-state index contributed by atoms with van der Waals surface area (Å²) in [5, 5.41) is 9.26. The zero-order chi connectivity index (χ0) is 14.2. The smallest absolute Gasteiger partial charge is 0.337 e. The highest BCUT2D eigenvalue weighted by molar-refractivity contribution is 7.91. The molecule has 0 aliphatic rings. The summed E-state index contributed by atoms with van der Waals surface area (Å²) < 4.78 is 23.9. The number of aromatic carboxylic acids is 1. The molecule has 19 heavy (non-hydrogen) atoms. The molecule has 6 heteroatoms. The Hall–Kier alpha value is -1.82. The van der Waals surface area contributed by atoms with Crippen molar-refractivity contribution in [3.8, 4) is 0 Å². The molecule has 5 nitrogen and oxygen atoms in total. The van der Waals surface area contributed by atoms with Crippen molar-refractivity contribution in [2.45, 2.75) is 24.9 Å². The maximum atomic E-state index is 11.9. The summed E-state index contributed by atoms with van der Waals surface area (Å²) in [6, 6.07) is 4.83. The normalized spacial score (nSPS) is 12.2. The molecule has 0 unspecified atom stereocenters. The van der Waals surface area contributed by atoms with Gasteiger partial charge in [0.05, 0.1) is 22.1 Å². The van der Waals surface area contributed by atoms with Crippen molar-refractivity contribution in [1.82, 2.24) is 4.98 Å². The van der Waals surface area contributed by atoms with Crippen LogP contribution >= 0.6 is 0 Å². The predicted octanol–water partition coefficient (Wildman–Crippen LogP) is 2.19. The van der Waals surface area contributed by atoms with Crippen molar-refractivity contribution in [1.29, 1.82) is 0 Å². The number of aromatic amines is 1. The topological polar surface area (TPSA) is 87.2 Å². The van der Waals surface area contributed by atoms with E-state index >= 15 is 0 Å². The average molecular weight is 281 g/mol. The van der Waals surface area contributed by atoms with E-state index in [-0.39, 0.29) is 11.3 Å². The second-order valence-corrected chi connectivity index (χ2v) is 7.26. The van der Waals surface area contributed by atoms with Gasteiger partial charge < -0.3 is 10.1 Å². The Morgan fingerprint density at radius 3 is 2.63 bits per heavy atom. The molecule has 1 aromatic heterocycles. The highest BCUT2D eigenvalue weighted by Crippen LogP contribution is 2.24. The minimum Gasteiger partial charge on any atom is -0.478 e. The van der Waals surface area contributed by atoms with Crippen molar-refractivity contribution in [2.75, 3.05) is 0 Å². The molecule has 1 aromatic carbocycles. The van der Waals surface area contributed by atoms with Crippen LogP contribution in [-0.2, 0) is 15.6 Å². The van der Waals surface area contributed by atoms with Gasteiger partial charge in [-0.05, 0) is 25.5 Å². The summed E-state index contributed by atoms with van der Waals surface area (Å²) in [5.74, 6) is -1.13. The first-order valence-corrected chi connectivity index (χ1v) is 7.58. The number of carboxylic acids is 1. The van der Waals surface area contributed by atoms with Crippen LogP contribution < -0.4 is 0 Å². The average Bonchev–Trinajstić information content (AvgIpc) is 2.71. The number of rotatable bonds is 4. The number of carboxylic acid groups (broad SMARTS) is 1. The highest BCUT2D eigenvalue weighted by atomic mass is 32.2. The van der Waals surface area contributed by atoms with Gasteiger partial charge in [0, 0.05) is 11.6 Å². The lowest BCUT2D eigenvalue weighted by atomic mass is 10.1. The molecule has 0 fully saturated rings. The summed E-state index contributed by atoms with van der Waals surface area (Å²) >= 11 is 0. The van der Waals surface area contributed by atoms with Crippen LogP contribution in [0.15, 0.2) is 24.4 Å². The van der Waals surface area contributed by atoms with E-state index in [0.29, 0.717) is 16.5 Å². The third-order valence-corrected chi connectivity index (χ3v) is 5.26. The molecular formula is C13H15NO4S. The number of nitrogens with one attached hydrogen (secondary N) is 1. The Labute approximate surface area is 111 Å². The van der Waals surface area contributed by atoms with E-state index in [0.717, 1.165) is 0 Å². The van der Waals surface area contributed by atoms with Crippen LogP contribution in [0.2, 0.25) is 0 Å². The number of hydrogen-bond donors (Lipinski definition) is 2. The second kappa shape index (κ2) is 4.70. The van der Waals surface area contributed by atoms with E-state index in [4.69, 9.17) is 5.11 Å². The molecule has 0 bridgehead atoms. The Morgan fingerprint density at radius 1 is 1.37 bits per heavy atom. The molecule has 0 saturated carbocycles. The van der Waals surface area contributed by atoms with Gasteiger partial charge in [0.2, 0.25) is 0 Å². The summed E-state index contributed by atoms with van der Waals surface area (Å²) in [5.41, 5.74) is 1.21. The standard InChI is InChI=1S/C13H15NO4S/c1-8(2)19(17,18)7-9-6-14-12-10(9)4-3-5-11(12)13(15)16/h3-6,8,14H,7H2,1-2H3,(H,15,16). The molecule has 0 radical (unpaired) electrons. The van der Waals surface area contributed by atoms with Gasteiger partial charge in [-0.25, -0.2) is 13.2 Å². The molecular weight excluding hydrogens is 266 g/mol. The van der Waals surface area contributed by atoms with Crippen LogP contribution in [0.1, 0.15) is 29.8 Å². The van der Waals surface area contributed by atoms with Gasteiger partial charge in [0.25, 0.3) is 0 Å². The monoisotopic (exact) mass is 281 g/mol. The first-order valence-electron chi connectivity index (χ1n) is 5.87. The lowest BCUT2D eigenvalue weighted by Gasteiger charge is -2.06. The number of benzene rings is 1. The molecule has 1 heterocycles. The fourth-order valence-electron chi connectivity index (χ4n) is 1.89. The number of para-hydroxylation sites is 1. The van der Waals surface area contributed by atoms with Crippen molar-refractivity contribution in [2.24, 2.45) is 0 Å². The van der Waals surface area contributed by atoms with Gasteiger partial charge in [-0.3, -0.25) is 0 Å². The van der Waals surface area contributed by atoms with E-state index in [1.165, 1.54) is 6.07 Å². The molecule has 0 spiro atoms. The maximum Gasteiger partial charge on any atom is 0.337 e. The zero-order valence-corrected chi connectivity index (χ0v) is 11.5. The number of fused-ring (bicyclic) bond motifs is 1. The van der Waals surface area contributed by atoms with E-state index in [1.807, 2.05) is 0 Å². The van der Waals surface area contributed by atoms with Gasteiger partial charge in [0.15, 0.2) is 9.84 Å². The van der Waals surface area contributed by atoms with E-state index in [1.54, 1.807) is 32.2 Å². The Bertz CT molecular complexity index is 728. The van der Waals surface area contributed by atoms with Crippen LogP contribution in [0.25, 0.3) is 10.9 Å². The van der Waals surface area contributed by atoms with Crippen LogP contribution in [0.4, 0.5) is 0 Å². The molecule has 0 saturated heterocycles. The van der Waals surface area contributed by atoms with Gasteiger partial charge in [-0.2, -0.15) is 0 Å². The second-order valence-electron chi connectivity index (χ2n) is 4.70. The molecule has 2 aromatic rings. The lowest BCUT2D eigenvalue weighted by molar-refractivity contribution is 0.0699. The van der Waals surface area contributed by atoms with Gasteiger partial charge >= 0.3 is 5.97 Å². The maximum absolute atomic E-state index is 11.9. The van der Waals surface area contributed by atoms with Gasteiger partial charge in [-0.1, -0.05) is 12.1 Å². The molecule has 0 amide bonds. The third-order valence-electron chi connectivity index (χ3n) is 3.11. The largest absolute Gasteiger partial charge is 0.478 e. The van der Waals surface area contributed by atoms with E-state index in [9.17, 15) is 13.2 Å². The molecule has 0 atom stereocenters. The fraction of sp³-hybridized carbons (Fsp3) is 0.308. The number of carbonyl (C=O) groups is 1. The molecule has 0 aliphatic carbocycles. The van der Waals surface area contributed by atoms with E-state index < -0.39 is 21.1 Å². The third kappa shape index (κ3) is 2.49. The Balaban J connectivity index is 2.54. The number of sulfone groups is 1. The van der Waals surface area contributed by atoms with Crippen molar-refractivity contribution >= 4 is 26.7 Å². The van der Waals surface area contributed by atoms with Crippen LogP contribution in [0.3, 0.4) is 0 Å². The highest BCUT2D eigenvalue weighted by Gasteiger charge is 2.20. The summed E-state index contributed by atoms with van der Waals surface area (Å²) in [6.07, 6.45) is 1.57. The molecule has 2 N–H and O–H groups in total. The van der Waals surface area contributed by atoms with E-state index in [2.05, 4.69) is 4.98 Å². The SMILES string of the molecule is CC(C)S(=O)(=O)Cc1c[nH]c2c(C(=O)O)cccc12. The lowest BCUT2D eigenvalue weighted by Crippen LogP contribution is -2.15. The number of aromatic nitrogens is 1. The quantitative estimate of drug-likeness (QED) is 0.899. The first-order chi connectivity index (χ1) is 8.83. The minimum absolute atomic E-state index is 0.0895. The minimum atomic E-state index is -3.21. The summed E-state index contributed by atoms with van der Waals surface area (Å²) in [6.45, 7) is 3.26.